The standard InChI is InChI=1S/C19H20N4O3/c1-25-13-5-2-4-12(10-13)15-7-8-20-17-16(15)18(24)23-19(22-17)21-11-14-6-3-9-26-14/h2,4-5,7-8,10,14H,3,6,9,11H2,1H3,(H2,20,21,22,23,24). The lowest BCUT2D eigenvalue weighted by Crippen LogP contribution is -2.22. The molecule has 7 nitrogen and oxygen atoms in total. The van der Waals surface area contributed by atoms with Gasteiger partial charge in [-0.3, -0.25) is 9.78 Å². The van der Waals surface area contributed by atoms with E-state index in [-0.39, 0.29) is 11.7 Å². The summed E-state index contributed by atoms with van der Waals surface area (Å²) in [5.41, 5.74) is 1.83. The minimum atomic E-state index is -0.226. The Morgan fingerprint density at radius 2 is 2.31 bits per heavy atom. The zero-order chi connectivity index (χ0) is 17.9. The average Bonchev–Trinajstić information content (AvgIpc) is 3.19. The third-order valence-electron chi connectivity index (χ3n) is 4.51. The highest BCUT2D eigenvalue weighted by atomic mass is 16.5. The second-order valence-corrected chi connectivity index (χ2v) is 6.22. The van der Waals surface area contributed by atoms with Crippen LogP contribution in [-0.2, 0) is 4.74 Å². The summed E-state index contributed by atoms with van der Waals surface area (Å²) in [6.07, 6.45) is 3.91. The largest absolute Gasteiger partial charge is 0.497 e. The number of rotatable bonds is 5. The summed E-state index contributed by atoms with van der Waals surface area (Å²) < 4.78 is 10.9. The number of methoxy groups -OCH3 is 1. The highest BCUT2D eigenvalue weighted by molar-refractivity contribution is 5.92. The van der Waals surface area contributed by atoms with Crippen molar-refractivity contribution in [3.05, 3.63) is 46.9 Å². The minimum absolute atomic E-state index is 0.159. The van der Waals surface area contributed by atoms with E-state index < -0.39 is 0 Å². The monoisotopic (exact) mass is 352 g/mol. The van der Waals surface area contributed by atoms with Crippen LogP contribution in [0.5, 0.6) is 5.75 Å². The first-order chi connectivity index (χ1) is 12.7. The van der Waals surface area contributed by atoms with Gasteiger partial charge in [0.25, 0.3) is 5.56 Å². The lowest BCUT2D eigenvalue weighted by atomic mass is 10.0. The molecule has 0 radical (unpaired) electrons. The Hall–Kier alpha value is -2.93. The molecule has 0 amide bonds. The van der Waals surface area contributed by atoms with Gasteiger partial charge in [-0.1, -0.05) is 12.1 Å². The summed E-state index contributed by atoms with van der Waals surface area (Å²) in [5.74, 6) is 1.14. The summed E-state index contributed by atoms with van der Waals surface area (Å²) in [7, 11) is 1.62. The number of fused-ring (bicyclic) bond motifs is 1. The molecule has 1 aliphatic heterocycles. The van der Waals surface area contributed by atoms with E-state index in [1.807, 2.05) is 30.3 Å². The van der Waals surface area contributed by atoms with Crippen LogP contribution in [0.4, 0.5) is 5.95 Å². The second kappa shape index (κ2) is 7.13. The fourth-order valence-corrected chi connectivity index (χ4v) is 3.19. The van der Waals surface area contributed by atoms with Crippen LogP contribution in [0.2, 0.25) is 0 Å². The normalized spacial score (nSPS) is 16.7. The first-order valence-electron chi connectivity index (χ1n) is 8.63. The minimum Gasteiger partial charge on any atom is -0.497 e. The van der Waals surface area contributed by atoms with E-state index in [9.17, 15) is 4.79 Å². The molecule has 3 aromatic rings. The molecule has 3 heterocycles. The second-order valence-electron chi connectivity index (χ2n) is 6.22. The fourth-order valence-electron chi connectivity index (χ4n) is 3.19. The zero-order valence-corrected chi connectivity index (χ0v) is 14.5. The van der Waals surface area contributed by atoms with Crippen molar-refractivity contribution in [3.8, 4) is 16.9 Å². The molecule has 7 heteroatoms. The van der Waals surface area contributed by atoms with Crippen LogP contribution in [0.25, 0.3) is 22.2 Å². The van der Waals surface area contributed by atoms with Gasteiger partial charge in [0.2, 0.25) is 5.95 Å². The number of hydrogen-bond donors (Lipinski definition) is 2. The summed E-state index contributed by atoms with van der Waals surface area (Å²) in [6.45, 7) is 1.41. The Kier molecular flexibility index (Phi) is 4.53. The van der Waals surface area contributed by atoms with Crippen molar-refractivity contribution in [2.24, 2.45) is 0 Å². The number of benzene rings is 1. The molecule has 1 atom stereocenters. The molecule has 26 heavy (non-hydrogen) atoms. The molecule has 134 valence electrons. The summed E-state index contributed by atoms with van der Waals surface area (Å²) in [5, 5.41) is 3.61. The average molecular weight is 352 g/mol. The molecule has 1 saturated heterocycles. The van der Waals surface area contributed by atoms with Gasteiger partial charge in [0, 0.05) is 19.3 Å². The molecular formula is C19H20N4O3. The molecule has 1 fully saturated rings. The SMILES string of the molecule is COc1cccc(-c2ccnc3nc(NCC4CCCO4)[nH]c(=O)c23)c1. The van der Waals surface area contributed by atoms with Crippen LogP contribution in [-0.4, -0.2) is 41.3 Å². The van der Waals surface area contributed by atoms with Crippen LogP contribution >= 0.6 is 0 Å². The lowest BCUT2D eigenvalue weighted by molar-refractivity contribution is 0.120. The quantitative estimate of drug-likeness (QED) is 0.734. The van der Waals surface area contributed by atoms with Crippen LogP contribution in [0.15, 0.2) is 41.3 Å². The van der Waals surface area contributed by atoms with Gasteiger partial charge in [-0.05, 0) is 42.2 Å². The topological polar surface area (TPSA) is 89.1 Å². The van der Waals surface area contributed by atoms with Gasteiger partial charge in [-0.25, -0.2) is 4.98 Å². The van der Waals surface area contributed by atoms with Crippen molar-refractivity contribution in [1.29, 1.82) is 0 Å². The van der Waals surface area contributed by atoms with E-state index in [2.05, 4.69) is 20.3 Å². The van der Waals surface area contributed by atoms with E-state index >= 15 is 0 Å². The van der Waals surface area contributed by atoms with Gasteiger partial charge in [0.1, 0.15) is 5.75 Å². The molecule has 1 aromatic carbocycles. The predicted molar refractivity (Wildman–Crippen MR) is 99.6 cm³/mol. The van der Waals surface area contributed by atoms with Crippen molar-refractivity contribution >= 4 is 17.0 Å². The summed E-state index contributed by atoms with van der Waals surface area (Å²) in [4.78, 5) is 24.3. The molecule has 0 saturated carbocycles. The Labute approximate surface area is 150 Å². The van der Waals surface area contributed by atoms with Crippen molar-refractivity contribution < 1.29 is 9.47 Å². The first-order valence-corrected chi connectivity index (χ1v) is 8.63. The molecule has 1 aliphatic rings. The highest BCUT2D eigenvalue weighted by Gasteiger charge is 2.16. The molecule has 4 rings (SSSR count). The van der Waals surface area contributed by atoms with Gasteiger partial charge < -0.3 is 14.8 Å². The number of nitrogens with one attached hydrogen (secondary N) is 2. The number of anilines is 1. The number of nitrogens with zero attached hydrogens (tertiary/aromatic N) is 2. The van der Waals surface area contributed by atoms with E-state index in [0.717, 1.165) is 36.3 Å². The molecule has 0 aliphatic carbocycles. The Balaban J connectivity index is 1.70. The number of pyridine rings is 1. The summed E-state index contributed by atoms with van der Waals surface area (Å²) >= 11 is 0. The Morgan fingerprint density at radius 3 is 3.12 bits per heavy atom. The first kappa shape index (κ1) is 16.5. The Bertz CT molecular complexity index is 980. The lowest BCUT2D eigenvalue weighted by Gasteiger charge is -2.12. The van der Waals surface area contributed by atoms with Gasteiger partial charge in [-0.15, -0.1) is 0 Å². The van der Waals surface area contributed by atoms with Gasteiger partial charge in [0.05, 0.1) is 18.6 Å². The van der Waals surface area contributed by atoms with E-state index in [1.54, 1.807) is 13.3 Å². The van der Waals surface area contributed by atoms with Crippen LogP contribution < -0.4 is 15.6 Å². The maximum atomic E-state index is 12.7. The van der Waals surface area contributed by atoms with Gasteiger partial charge in [-0.2, -0.15) is 4.98 Å². The third-order valence-corrected chi connectivity index (χ3v) is 4.51. The predicted octanol–water partition coefficient (Wildman–Crippen LogP) is 2.58. The van der Waals surface area contributed by atoms with E-state index in [1.165, 1.54) is 0 Å². The number of aromatic nitrogens is 3. The molecule has 1 unspecified atom stereocenters. The number of ether oxygens (including phenoxy) is 2. The van der Waals surface area contributed by atoms with Crippen LogP contribution in [0.1, 0.15) is 12.8 Å². The molecule has 0 bridgehead atoms. The van der Waals surface area contributed by atoms with Crippen molar-refractivity contribution in [2.45, 2.75) is 18.9 Å². The third kappa shape index (κ3) is 3.25. The number of H-pyrrole nitrogens is 1. The van der Waals surface area contributed by atoms with Crippen molar-refractivity contribution in [2.75, 3.05) is 25.6 Å². The fraction of sp³-hybridized carbons (Fsp3) is 0.316. The highest BCUT2D eigenvalue weighted by Crippen LogP contribution is 2.27. The molecule has 2 aromatic heterocycles. The summed E-state index contributed by atoms with van der Waals surface area (Å²) in [6, 6.07) is 9.38. The maximum absolute atomic E-state index is 12.7. The van der Waals surface area contributed by atoms with Gasteiger partial charge in [0.15, 0.2) is 5.65 Å². The van der Waals surface area contributed by atoms with Crippen LogP contribution in [0.3, 0.4) is 0 Å². The number of aromatic amines is 1. The molecule has 2 N–H and O–H groups in total. The van der Waals surface area contributed by atoms with Crippen molar-refractivity contribution in [3.63, 3.8) is 0 Å². The smallest absolute Gasteiger partial charge is 0.262 e. The molecule has 0 spiro atoms. The van der Waals surface area contributed by atoms with Crippen molar-refractivity contribution in [1.82, 2.24) is 15.0 Å². The van der Waals surface area contributed by atoms with E-state index in [4.69, 9.17) is 9.47 Å². The maximum Gasteiger partial charge on any atom is 0.262 e. The Morgan fingerprint density at radius 1 is 1.38 bits per heavy atom. The van der Waals surface area contributed by atoms with Gasteiger partial charge >= 0.3 is 0 Å². The molecular weight excluding hydrogens is 332 g/mol. The zero-order valence-electron chi connectivity index (χ0n) is 14.5. The van der Waals surface area contributed by atoms with E-state index in [0.29, 0.717) is 23.5 Å². The number of hydrogen-bond acceptors (Lipinski definition) is 6. The van der Waals surface area contributed by atoms with Crippen LogP contribution in [0, 0.1) is 0 Å².